The van der Waals surface area contributed by atoms with Crippen LogP contribution in [-0.2, 0) is 26.2 Å². The van der Waals surface area contributed by atoms with Crippen LogP contribution in [-0.4, -0.2) is 60.0 Å². The first-order valence-corrected chi connectivity index (χ1v) is 9.21. The third-order valence-electron chi connectivity index (χ3n) is 3.82. The Hall–Kier alpha value is -2.07. The minimum absolute atomic E-state index is 0.0292. The Balaban J connectivity index is 2.12. The van der Waals surface area contributed by atoms with E-state index in [0.717, 1.165) is 21.3 Å². The topological polar surface area (TPSA) is 95.0 Å². The van der Waals surface area contributed by atoms with Crippen LogP contribution in [0.25, 0.3) is 0 Å². The number of benzene rings is 1. The Bertz CT molecular complexity index is 769. The van der Waals surface area contributed by atoms with E-state index in [2.05, 4.69) is 0 Å². The number of sulfonamides is 1. The van der Waals surface area contributed by atoms with E-state index in [1.807, 2.05) is 0 Å². The number of hydrogen-bond donors (Lipinski definition) is 1. The lowest BCUT2D eigenvalue weighted by molar-refractivity contribution is -0.138. The first kappa shape index (κ1) is 19.3. The smallest absolute Gasteiger partial charge is 0.305 e. The minimum Gasteiger partial charge on any atom is -0.481 e. The van der Waals surface area contributed by atoms with Crippen LogP contribution in [0.2, 0.25) is 0 Å². The number of nitrogens with zero attached hydrogens (tertiary/aromatic N) is 2. The lowest BCUT2D eigenvalue weighted by Gasteiger charge is -2.24. The maximum Gasteiger partial charge on any atom is 0.305 e. The maximum atomic E-state index is 13.3. The molecule has 0 saturated carbocycles. The molecule has 1 fully saturated rings. The molecule has 1 aliphatic rings. The molecule has 25 heavy (non-hydrogen) atoms. The molecule has 0 spiro atoms. The number of carboxylic acids is 1. The summed E-state index contributed by atoms with van der Waals surface area (Å²) in [4.78, 5) is 24.3. The Morgan fingerprint density at radius 2 is 1.96 bits per heavy atom. The molecule has 0 aromatic heterocycles. The second kappa shape index (κ2) is 7.87. The fourth-order valence-electron chi connectivity index (χ4n) is 2.50. The number of aliphatic carboxylic acids is 1. The van der Waals surface area contributed by atoms with Gasteiger partial charge in [-0.1, -0.05) is 6.07 Å². The molecule has 0 unspecified atom stereocenters. The molecule has 1 N–H and O–H groups in total. The molecule has 0 aliphatic carbocycles. The number of hydrogen-bond acceptors (Lipinski definition) is 4. The molecule has 1 aromatic rings. The van der Waals surface area contributed by atoms with E-state index in [0.29, 0.717) is 6.42 Å². The molecule has 7 nitrogen and oxygen atoms in total. The van der Waals surface area contributed by atoms with Gasteiger partial charge in [-0.2, -0.15) is 4.31 Å². The van der Waals surface area contributed by atoms with Crippen LogP contribution >= 0.6 is 0 Å². The van der Waals surface area contributed by atoms with Crippen molar-refractivity contribution in [3.8, 4) is 0 Å². The van der Waals surface area contributed by atoms with E-state index in [1.54, 1.807) is 0 Å². The summed E-state index contributed by atoms with van der Waals surface area (Å²) in [5.41, 5.74) is 0.280. The summed E-state index contributed by atoms with van der Waals surface area (Å²) < 4.78 is 51.0. The van der Waals surface area contributed by atoms with Crippen LogP contribution in [0.15, 0.2) is 18.2 Å². The van der Waals surface area contributed by atoms with Crippen molar-refractivity contribution in [2.45, 2.75) is 19.4 Å². The Kier molecular flexibility index (Phi) is 6.07. The van der Waals surface area contributed by atoms with E-state index < -0.39 is 40.1 Å². The molecule has 0 bridgehead atoms. The fraction of sp³-hybridized carbons (Fsp3) is 0.467. The number of amides is 1. The van der Waals surface area contributed by atoms with Crippen LogP contribution in [0.3, 0.4) is 0 Å². The molecular formula is C15H18F2N2O5S. The highest BCUT2D eigenvalue weighted by atomic mass is 32.2. The summed E-state index contributed by atoms with van der Waals surface area (Å²) >= 11 is 0. The summed E-state index contributed by atoms with van der Waals surface area (Å²) in [5, 5.41) is 8.80. The lowest BCUT2D eigenvalue weighted by atomic mass is 10.2. The number of carboxylic acid groups (broad SMARTS) is 1. The average Bonchev–Trinajstić information content (AvgIpc) is 2.85. The summed E-state index contributed by atoms with van der Waals surface area (Å²) in [5.74, 6) is -3.85. The number of halogens is 2. The predicted molar refractivity (Wildman–Crippen MR) is 84.0 cm³/mol. The maximum absolute atomic E-state index is 13.3. The van der Waals surface area contributed by atoms with E-state index in [4.69, 9.17) is 5.11 Å². The lowest BCUT2D eigenvalue weighted by Crippen LogP contribution is -2.41. The van der Waals surface area contributed by atoms with Gasteiger partial charge in [0.1, 0.15) is 0 Å². The normalized spacial score (nSPS) is 16.7. The van der Waals surface area contributed by atoms with Gasteiger partial charge in [0.05, 0.1) is 18.7 Å². The zero-order chi connectivity index (χ0) is 18.6. The molecule has 1 heterocycles. The monoisotopic (exact) mass is 376 g/mol. The second-order valence-corrected chi connectivity index (χ2v) is 7.80. The van der Waals surface area contributed by atoms with Crippen molar-refractivity contribution in [3.63, 3.8) is 0 Å². The quantitative estimate of drug-likeness (QED) is 0.760. The molecule has 1 amide bonds. The van der Waals surface area contributed by atoms with Gasteiger partial charge in [-0.3, -0.25) is 9.59 Å². The summed E-state index contributed by atoms with van der Waals surface area (Å²) in [6, 6.07) is 3.12. The molecule has 1 aromatic carbocycles. The second-order valence-electron chi connectivity index (χ2n) is 5.71. The number of rotatable bonds is 7. The third kappa shape index (κ3) is 5.20. The minimum atomic E-state index is -3.47. The van der Waals surface area contributed by atoms with Crippen molar-refractivity contribution in [3.05, 3.63) is 35.4 Å². The molecule has 0 radical (unpaired) electrons. The van der Waals surface area contributed by atoms with E-state index in [9.17, 15) is 26.8 Å². The van der Waals surface area contributed by atoms with Crippen LogP contribution in [0, 0.1) is 11.6 Å². The average molecular weight is 376 g/mol. The Morgan fingerprint density at radius 3 is 2.52 bits per heavy atom. The van der Waals surface area contributed by atoms with Gasteiger partial charge in [0, 0.05) is 19.6 Å². The van der Waals surface area contributed by atoms with Gasteiger partial charge in [0.25, 0.3) is 0 Å². The zero-order valence-corrected chi connectivity index (χ0v) is 14.1. The van der Waals surface area contributed by atoms with Gasteiger partial charge in [-0.15, -0.1) is 0 Å². The van der Waals surface area contributed by atoms with Gasteiger partial charge in [0.2, 0.25) is 15.9 Å². The third-order valence-corrected chi connectivity index (χ3v) is 5.72. The standard InChI is InChI=1S/C15H18F2N2O5S/c16-12-3-2-11(8-13(12)17)9-18(6-4-15(21)22)14(20)10-19-5-1-7-25(19,23)24/h2-3,8H,1,4-7,9-10H2,(H,21,22). The molecular weight excluding hydrogens is 358 g/mol. The Morgan fingerprint density at radius 1 is 1.24 bits per heavy atom. The van der Waals surface area contributed by atoms with Crippen molar-refractivity contribution in [1.82, 2.24) is 9.21 Å². The van der Waals surface area contributed by atoms with Crippen molar-refractivity contribution >= 4 is 21.9 Å². The summed E-state index contributed by atoms with van der Waals surface area (Å²) in [6.07, 6.45) is 0.0794. The molecule has 2 rings (SSSR count). The van der Waals surface area contributed by atoms with Crippen molar-refractivity contribution in [1.29, 1.82) is 0 Å². The van der Waals surface area contributed by atoms with E-state index >= 15 is 0 Å². The van der Waals surface area contributed by atoms with Crippen molar-refractivity contribution in [2.75, 3.05) is 25.4 Å². The van der Waals surface area contributed by atoms with Crippen LogP contribution in [0.5, 0.6) is 0 Å². The predicted octanol–water partition coefficient (Wildman–Crippen LogP) is 0.804. The molecule has 10 heteroatoms. The highest BCUT2D eigenvalue weighted by Gasteiger charge is 2.31. The molecule has 1 saturated heterocycles. The molecule has 138 valence electrons. The number of carbonyl (C=O) groups is 2. The molecule has 0 atom stereocenters. The van der Waals surface area contributed by atoms with E-state index in [1.165, 1.54) is 6.07 Å². The largest absolute Gasteiger partial charge is 0.481 e. The van der Waals surface area contributed by atoms with Crippen LogP contribution < -0.4 is 0 Å². The van der Waals surface area contributed by atoms with Crippen LogP contribution in [0.4, 0.5) is 8.78 Å². The first-order chi connectivity index (χ1) is 11.7. The van der Waals surface area contributed by atoms with Gasteiger partial charge in [0.15, 0.2) is 11.6 Å². The van der Waals surface area contributed by atoms with Crippen molar-refractivity contribution in [2.24, 2.45) is 0 Å². The Labute approximate surface area is 143 Å². The highest BCUT2D eigenvalue weighted by Crippen LogP contribution is 2.15. The number of carbonyl (C=O) groups excluding carboxylic acids is 1. The molecule has 1 aliphatic heterocycles. The van der Waals surface area contributed by atoms with Crippen LogP contribution in [0.1, 0.15) is 18.4 Å². The summed E-state index contributed by atoms with van der Waals surface area (Å²) in [6.45, 7) is -0.476. The van der Waals surface area contributed by atoms with Gasteiger partial charge in [-0.25, -0.2) is 17.2 Å². The van der Waals surface area contributed by atoms with Gasteiger partial charge >= 0.3 is 5.97 Å². The zero-order valence-electron chi connectivity index (χ0n) is 13.3. The first-order valence-electron chi connectivity index (χ1n) is 7.60. The highest BCUT2D eigenvalue weighted by molar-refractivity contribution is 7.89. The SMILES string of the molecule is O=C(O)CCN(Cc1ccc(F)c(F)c1)C(=O)CN1CCCS1(=O)=O. The van der Waals surface area contributed by atoms with Gasteiger partial charge < -0.3 is 10.0 Å². The van der Waals surface area contributed by atoms with E-state index in [-0.39, 0.29) is 37.4 Å². The van der Waals surface area contributed by atoms with Gasteiger partial charge in [-0.05, 0) is 24.1 Å². The fourth-order valence-corrected chi connectivity index (χ4v) is 3.97. The summed E-state index contributed by atoms with van der Waals surface area (Å²) in [7, 11) is -3.47. The van der Waals surface area contributed by atoms with Crippen molar-refractivity contribution < 1.29 is 31.9 Å².